The lowest BCUT2D eigenvalue weighted by Crippen LogP contribution is -2.24. The van der Waals surface area contributed by atoms with Crippen molar-refractivity contribution in [1.82, 2.24) is 20.3 Å². The van der Waals surface area contributed by atoms with Crippen LogP contribution in [0, 0.1) is 13.8 Å². The first-order valence-electron chi connectivity index (χ1n) is 8.30. The molecule has 146 valence electrons. The third-order valence-corrected chi connectivity index (χ3v) is 5.09. The lowest BCUT2D eigenvalue weighted by atomic mass is 10.1. The molecule has 0 aliphatic carbocycles. The number of carbonyl (C=O) groups excluding carboxylic acids is 1. The molecule has 3 rings (SSSR count). The number of hydrogen-bond acceptors (Lipinski definition) is 3. The molecule has 9 heteroatoms. The highest BCUT2D eigenvalue weighted by Gasteiger charge is 2.30. The molecule has 0 fully saturated rings. The topological polar surface area (TPSA) is 59.8 Å². The zero-order valence-electron chi connectivity index (χ0n) is 15.0. The van der Waals surface area contributed by atoms with Crippen molar-refractivity contribution in [3.05, 3.63) is 75.0 Å². The molecule has 1 amide bonds. The third kappa shape index (κ3) is 4.24. The summed E-state index contributed by atoms with van der Waals surface area (Å²) < 4.78 is 40.9. The van der Waals surface area contributed by atoms with Crippen molar-refractivity contribution in [1.29, 1.82) is 0 Å². The van der Waals surface area contributed by atoms with Crippen molar-refractivity contribution in [3.8, 4) is 5.69 Å². The molecule has 0 aliphatic heterocycles. The molecule has 0 radical (unpaired) electrons. The lowest BCUT2D eigenvalue weighted by Gasteiger charge is -2.09. The van der Waals surface area contributed by atoms with Gasteiger partial charge in [-0.15, -0.1) is 5.10 Å². The van der Waals surface area contributed by atoms with Gasteiger partial charge in [0.15, 0.2) is 5.69 Å². The highest BCUT2D eigenvalue weighted by atomic mass is 79.9. The maximum Gasteiger partial charge on any atom is 0.416 e. The summed E-state index contributed by atoms with van der Waals surface area (Å²) in [6.07, 6.45) is -4.43. The van der Waals surface area contributed by atoms with Crippen LogP contribution in [0.5, 0.6) is 0 Å². The Morgan fingerprint density at radius 2 is 1.93 bits per heavy atom. The van der Waals surface area contributed by atoms with Crippen LogP contribution in [-0.4, -0.2) is 20.9 Å². The van der Waals surface area contributed by atoms with Crippen molar-refractivity contribution >= 4 is 21.8 Å². The van der Waals surface area contributed by atoms with Gasteiger partial charge in [0.1, 0.15) is 0 Å². The summed E-state index contributed by atoms with van der Waals surface area (Å²) in [6.45, 7) is 3.59. The summed E-state index contributed by atoms with van der Waals surface area (Å²) in [7, 11) is 0. The number of carbonyl (C=O) groups is 1. The second-order valence-electron chi connectivity index (χ2n) is 6.25. The smallest absolute Gasteiger partial charge is 0.347 e. The molecule has 1 heterocycles. The first-order chi connectivity index (χ1) is 13.2. The molecule has 1 N–H and O–H groups in total. The number of benzene rings is 2. The quantitative estimate of drug-likeness (QED) is 0.629. The van der Waals surface area contributed by atoms with Gasteiger partial charge in [0.25, 0.3) is 5.91 Å². The number of hydrogen-bond donors (Lipinski definition) is 1. The first kappa shape index (κ1) is 20.1. The summed E-state index contributed by atoms with van der Waals surface area (Å²) in [5, 5.41) is 10.5. The number of aryl methyl sites for hydroxylation is 1. The summed E-state index contributed by atoms with van der Waals surface area (Å²) in [5.74, 6) is -0.505. The highest BCUT2D eigenvalue weighted by molar-refractivity contribution is 9.10. The molecule has 0 bridgehead atoms. The summed E-state index contributed by atoms with van der Waals surface area (Å²) in [5.41, 5.74) is 1.99. The van der Waals surface area contributed by atoms with E-state index in [2.05, 4.69) is 31.6 Å². The minimum atomic E-state index is -4.43. The van der Waals surface area contributed by atoms with Gasteiger partial charge in [0.05, 0.1) is 16.9 Å². The molecule has 0 saturated carbocycles. The monoisotopic (exact) mass is 452 g/mol. The number of nitrogens with zero attached hydrogens (tertiary/aromatic N) is 3. The molecule has 1 aromatic heterocycles. The fourth-order valence-corrected chi connectivity index (χ4v) is 2.92. The Labute approximate surface area is 167 Å². The highest BCUT2D eigenvalue weighted by Crippen LogP contribution is 2.29. The number of amides is 1. The molecule has 0 atom stereocenters. The Balaban J connectivity index is 1.75. The van der Waals surface area contributed by atoms with Gasteiger partial charge < -0.3 is 5.32 Å². The van der Waals surface area contributed by atoms with Crippen LogP contribution in [-0.2, 0) is 12.7 Å². The fourth-order valence-electron chi connectivity index (χ4n) is 2.67. The Kier molecular flexibility index (Phi) is 5.55. The SMILES string of the molecule is Cc1cc(-n2nnc(C(=O)NCc3cccc(C(F)(F)F)c3)c2C)ccc1Br. The van der Waals surface area contributed by atoms with Crippen molar-refractivity contribution in [3.63, 3.8) is 0 Å². The van der Waals surface area contributed by atoms with E-state index in [0.29, 0.717) is 11.3 Å². The normalized spacial score (nSPS) is 11.5. The molecule has 0 saturated heterocycles. The van der Waals surface area contributed by atoms with E-state index in [1.54, 1.807) is 11.6 Å². The first-order valence-corrected chi connectivity index (χ1v) is 9.09. The van der Waals surface area contributed by atoms with Gasteiger partial charge in [0.2, 0.25) is 0 Å². The van der Waals surface area contributed by atoms with E-state index in [-0.39, 0.29) is 12.2 Å². The largest absolute Gasteiger partial charge is 0.416 e. The Morgan fingerprint density at radius 3 is 2.61 bits per heavy atom. The molecule has 3 aromatic rings. The van der Waals surface area contributed by atoms with Crippen LogP contribution in [0.4, 0.5) is 13.2 Å². The van der Waals surface area contributed by atoms with Gasteiger partial charge in [-0.05, 0) is 55.3 Å². The lowest BCUT2D eigenvalue weighted by molar-refractivity contribution is -0.137. The van der Waals surface area contributed by atoms with Gasteiger partial charge in [-0.25, -0.2) is 4.68 Å². The van der Waals surface area contributed by atoms with Gasteiger partial charge in [0, 0.05) is 11.0 Å². The van der Waals surface area contributed by atoms with E-state index < -0.39 is 17.6 Å². The van der Waals surface area contributed by atoms with Crippen LogP contribution in [0.3, 0.4) is 0 Å². The number of nitrogens with one attached hydrogen (secondary N) is 1. The van der Waals surface area contributed by atoms with Gasteiger partial charge in [-0.1, -0.05) is 33.3 Å². The Morgan fingerprint density at radius 1 is 1.18 bits per heavy atom. The maximum atomic E-state index is 12.8. The molecule has 2 aromatic carbocycles. The van der Waals surface area contributed by atoms with E-state index >= 15 is 0 Å². The van der Waals surface area contributed by atoms with E-state index in [1.165, 1.54) is 12.1 Å². The van der Waals surface area contributed by atoms with Crippen molar-refractivity contribution in [2.75, 3.05) is 0 Å². The maximum absolute atomic E-state index is 12.8. The Hall–Kier alpha value is -2.68. The van der Waals surface area contributed by atoms with E-state index in [9.17, 15) is 18.0 Å². The standard InChI is InChI=1S/C19H16BrF3N4O/c1-11-8-15(6-7-16(11)20)27-12(2)17(25-26-27)18(28)24-10-13-4-3-5-14(9-13)19(21,22)23/h3-9H,10H2,1-2H3,(H,24,28). The molecular formula is C19H16BrF3N4O. The molecule has 5 nitrogen and oxygen atoms in total. The Bertz CT molecular complexity index is 1030. The second kappa shape index (κ2) is 7.75. The molecule has 28 heavy (non-hydrogen) atoms. The van der Waals surface area contributed by atoms with E-state index in [1.807, 2.05) is 25.1 Å². The average molecular weight is 453 g/mol. The van der Waals surface area contributed by atoms with Crippen LogP contribution in [0.25, 0.3) is 5.69 Å². The second-order valence-corrected chi connectivity index (χ2v) is 7.10. The van der Waals surface area contributed by atoms with Crippen LogP contribution in [0.2, 0.25) is 0 Å². The number of rotatable bonds is 4. The van der Waals surface area contributed by atoms with Crippen LogP contribution in [0.15, 0.2) is 46.9 Å². The minimum Gasteiger partial charge on any atom is -0.347 e. The van der Waals surface area contributed by atoms with Gasteiger partial charge in [-0.3, -0.25) is 4.79 Å². The third-order valence-electron chi connectivity index (χ3n) is 4.20. The van der Waals surface area contributed by atoms with Crippen molar-refractivity contribution < 1.29 is 18.0 Å². The van der Waals surface area contributed by atoms with Gasteiger partial charge >= 0.3 is 6.18 Å². The van der Waals surface area contributed by atoms with Crippen LogP contribution < -0.4 is 5.32 Å². The molecule has 0 unspecified atom stereocenters. The number of halogens is 4. The van der Waals surface area contributed by atoms with Crippen molar-refractivity contribution in [2.45, 2.75) is 26.6 Å². The average Bonchev–Trinajstić information content (AvgIpc) is 3.03. The number of aromatic nitrogens is 3. The summed E-state index contributed by atoms with van der Waals surface area (Å²) in [4.78, 5) is 12.4. The predicted molar refractivity (Wildman–Crippen MR) is 101 cm³/mol. The zero-order chi connectivity index (χ0) is 20.5. The van der Waals surface area contributed by atoms with E-state index in [4.69, 9.17) is 0 Å². The molecular weight excluding hydrogens is 437 g/mol. The van der Waals surface area contributed by atoms with Crippen LogP contribution in [0.1, 0.15) is 32.9 Å². The van der Waals surface area contributed by atoms with Crippen LogP contribution >= 0.6 is 15.9 Å². The number of alkyl halides is 3. The fraction of sp³-hybridized carbons (Fsp3) is 0.211. The summed E-state index contributed by atoms with van der Waals surface area (Å²) >= 11 is 3.43. The predicted octanol–water partition coefficient (Wildman–Crippen LogP) is 4.60. The summed E-state index contributed by atoms with van der Waals surface area (Å²) in [6, 6.07) is 10.4. The molecule has 0 aliphatic rings. The zero-order valence-corrected chi connectivity index (χ0v) is 16.6. The van der Waals surface area contributed by atoms with Gasteiger partial charge in [-0.2, -0.15) is 13.2 Å². The minimum absolute atomic E-state index is 0.0492. The van der Waals surface area contributed by atoms with E-state index in [0.717, 1.165) is 27.9 Å². The molecule has 0 spiro atoms. The van der Waals surface area contributed by atoms with Crippen molar-refractivity contribution in [2.24, 2.45) is 0 Å².